The first-order valence-electron chi connectivity index (χ1n) is 17.5. The van der Waals surface area contributed by atoms with Gasteiger partial charge in [-0.15, -0.1) is 0 Å². The molecule has 4 aromatic rings. The van der Waals surface area contributed by atoms with Crippen molar-refractivity contribution in [1.82, 2.24) is 9.55 Å². The maximum absolute atomic E-state index is 14.2. The molecule has 5 atom stereocenters. The number of hydrogen-bond donors (Lipinski definition) is 1. The third-order valence-corrected chi connectivity index (χ3v) is 16.8. The van der Waals surface area contributed by atoms with E-state index in [1.165, 1.54) is 23.8 Å². The Morgan fingerprint density at radius 2 is 1.42 bits per heavy atom. The monoisotopic (exact) mass is 747 g/mol. The summed E-state index contributed by atoms with van der Waals surface area (Å²) in [5, 5.41) is 4.51. The standard InChI is InChI=1S/C38H46N3O9PSi/c1-7-45-51(44,46-8-2)38(6)49-32-30(26-47-52(37(3,4)5,28-20-14-10-15-21-28)29-22-16-11-17-23-29)48-35(33(32)50-38)41-25-24-31(40-36(41)43)39-34(42)27-18-12-9-13-19-27/h9-25,30,32-33,35H,7-8,26H2,1-6H3,(H,39,40,42,43)/t30-,32-,33-,35-,38+/m1/s1. The molecule has 14 heteroatoms. The maximum Gasteiger partial charge on any atom is 0.389 e. The average Bonchev–Trinajstić information content (AvgIpc) is 3.65. The lowest BCUT2D eigenvalue weighted by Gasteiger charge is -2.43. The molecule has 6 rings (SSSR count). The van der Waals surface area contributed by atoms with E-state index in [4.69, 9.17) is 27.7 Å². The fourth-order valence-electron chi connectivity index (χ4n) is 7.03. The highest BCUT2D eigenvalue weighted by Gasteiger charge is 2.65. The zero-order valence-corrected chi connectivity index (χ0v) is 32.2. The van der Waals surface area contributed by atoms with Gasteiger partial charge in [-0.2, -0.15) is 4.98 Å². The Labute approximate surface area is 305 Å². The molecular weight excluding hydrogens is 701 g/mol. The van der Waals surface area contributed by atoms with E-state index in [0.29, 0.717) is 5.56 Å². The van der Waals surface area contributed by atoms with Gasteiger partial charge < -0.3 is 33.0 Å². The van der Waals surface area contributed by atoms with Crippen molar-refractivity contribution in [3.63, 3.8) is 0 Å². The Bertz CT molecular complexity index is 1890. The van der Waals surface area contributed by atoms with Gasteiger partial charge in [0.05, 0.1) is 19.8 Å². The van der Waals surface area contributed by atoms with E-state index in [2.05, 4.69) is 55.3 Å². The fraction of sp³-hybridized carbons (Fsp3) is 0.395. The van der Waals surface area contributed by atoms with Crippen molar-refractivity contribution in [3.05, 3.63) is 119 Å². The second-order valence-electron chi connectivity index (χ2n) is 13.8. The third kappa shape index (κ3) is 7.12. The highest BCUT2D eigenvalue weighted by Crippen LogP contribution is 2.65. The van der Waals surface area contributed by atoms with Crippen LogP contribution >= 0.6 is 7.60 Å². The van der Waals surface area contributed by atoms with Crippen molar-refractivity contribution in [2.24, 2.45) is 0 Å². The quantitative estimate of drug-likeness (QED) is 0.134. The van der Waals surface area contributed by atoms with Crippen LogP contribution in [0.2, 0.25) is 5.04 Å². The highest BCUT2D eigenvalue weighted by atomic mass is 31.2. The number of aromatic nitrogens is 2. The van der Waals surface area contributed by atoms with Gasteiger partial charge in [-0.25, -0.2) is 4.79 Å². The lowest BCUT2D eigenvalue weighted by atomic mass is 10.1. The predicted molar refractivity (Wildman–Crippen MR) is 199 cm³/mol. The Kier molecular flexibility index (Phi) is 11.2. The normalized spacial score (nSPS) is 23.3. The molecule has 0 spiro atoms. The molecular formula is C38H46N3O9PSi. The lowest BCUT2D eigenvalue weighted by Crippen LogP contribution is -2.67. The smallest absolute Gasteiger partial charge is 0.389 e. The number of benzene rings is 3. The Morgan fingerprint density at radius 3 is 1.94 bits per heavy atom. The summed E-state index contributed by atoms with van der Waals surface area (Å²) in [6.07, 6.45) is -2.13. The number of rotatable bonds is 13. The van der Waals surface area contributed by atoms with E-state index in [9.17, 15) is 14.2 Å². The minimum absolute atomic E-state index is 0.0609. The molecule has 1 amide bonds. The van der Waals surface area contributed by atoms with Gasteiger partial charge in [0.1, 0.15) is 24.1 Å². The van der Waals surface area contributed by atoms with Gasteiger partial charge in [0.25, 0.3) is 19.8 Å². The van der Waals surface area contributed by atoms with E-state index in [1.54, 1.807) is 44.2 Å². The zero-order chi connectivity index (χ0) is 37.1. The molecule has 0 unspecified atom stereocenters. The van der Waals surface area contributed by atoms with Gasteiger partial charge in [0, 0.05) is 18.7 Å². The lowest BCUT2D eigenvalue weighted by molar-refractivity contribution is -0.176. The van der Waals surface area contributed by atoms with Crippen LogP contribution in [0.15, 0.2) is 108 Å². The summed E-state index contributed by atoms with van der Waals surface area (Å²) in [4.78, 5) is 30.5. The summed E-state index contributed by atoms with van der Waals surface area (Å²) in [5.41, 5.74) is -2.09. The van der Waals surface area contributed by atoms with Crippen LogP contribution in [0.3, 0.4) is 0 Å². The van der Waals surface area contributed by atoms with Crippen molar-refractivity contribution in [3.8, 4) is 0 Å². The molecule has 276 valence electrons. The molecule has 12 nitrogen and oxygen atoms in total. The van der Waals surface area contributed by atoms with Crippen molar-refractivity contribution >= 4 is 38.0 Å². The van der Waals surface area contributed by atoms with Crippen LogP contribution < -0.4 is 21.4 Å². The van der Waals surface area contributed by atoms with Crippen molar-refractivity contribution in [2.75, 3.05) is 25.1 Å². The number of nitrogens with zero attached hydrogens (tertiary/aromatic N) is 2. The molecule has 1 aromatic heterocycles. The van der Waals surface area contributed by atoms with Crippen LogP contribution in [0.4, 0.5) is 5.82 Å². The van der Waals surface area contributed by atoms with Crippen LogP contribution in [0, 0.1) is 0 Å². The van der Waals surface area contributed by atoms with Gasteiger partial charge >= 0.3 is 13.3 Å². The Balaban J connectivity index is 1.36. The average molecular weight is 748 g/mol. The minimum atomic E-state index is -4.00. The van der Waals surface area contributed by atoms with Crippen molar-refractivity contribution in [1.29, 1.82) is 0 Å². The molecule has 2 fully saturated rings. The molecule has 52 heavy (non-hydrogen) atoms. The van der Waals surface area contributed by atoms with Gasteiger partial charge in [0.15, 0.2) is 6.23 Å². The Hall–Kier alpha value is -3.78. The first-order chi connectivity index (χ1) is 24.9. The molecule has 3 heterocycles. The van der Waals surface area contributed by atoms with Crippen LogP contribution in [0.1, 0.15) is 58.1 Å². The number of fused-ring (bicyclic) bond motifs is 1. The van der Waals surface area contributed by atoms with Crippen LogP contribution in [0.5, 0.6) is 0 Å². The third-order valence-electron chi connectivity index (χ3n) is 9.35. The Morgan fingerprint density at radius 1 is 0.885 bits per heavy atom. The number of carbonyl (C=O) groups is 1. The van der Waals surface area contributed by atoms with E-state index in [-0.39, 0.29) is 30.7 Å². The van der Waals surface area contributed by atoms with E-state index >= 15 is 0 Å². The van der Waals surface area contributed by atoms with Crippen molar-refractivity contribution in [2.45, 2.75) is 76.6 Å². The molecule has 0 bridgehead atoms. The molecule has 0 aliphatic carbocycles. The number of anilines is 1. The molecule has 2 aliphatic heterocycles. The van der Waals surface area contributed by atoms with Crippen LogP contribution in [0.25, 0.3) is 0 Å². The zero-order valence-electron chi connectivity index (χ0n) is 30.3. The van der Waals surface area contributed by atoms with E-state index < -0.39 is 57.6 Å². The minimum Gasteiger partial charge on any atom is -0.405 e. The molecule has 0 radical (unpaired) electrons. The van der Waals surface area contributed by atoms with Gasteiger partial charge in [-0.05, 0) is 47.5 Å². The first-order valence-corrected chi connectivity index (χ1v) is 20.9. The maximum atomic E-state index is 14.2. The SMILES string of the molecule is CCOP(=O)(OCC)[C@]1(C)O[C@@H]2[C@H](O1)[C@@H](CO[Si](c1ccccc1)(c1ccccc1)C(C)(C)C)O[C@H]2n1ccc(NC(=O)c2ccccc2)nc1=O. The van der Waals surface area contributed by atoms with Crippen LogP contribution in [-0.2, 0) is 32.2 Å². The highest BCUT2D eigenvalue weighted by molar-refractivity contribution is 7.55. The van der Waals surface area contributed by atoms with Gasteiger partial charge in [-0.3, -0.25) is 13.9 Å². The van der Waals surface area contributed by atoms with Gasteiger partial charge in [-0.1, -0.05) is 99.6 Å². The number of ether oxygens (including phenoxy) is 3. The largest absolute Gasteiger partial charge is 0.405 e. The predicted octanol–water partition coefficient (Wildman–Crippen LogP) is 5.69. The number of hydrogen-bond acceptors (Lipinski definition) is 10. The summed E-state index contributed by atoms with van der Waals surface area (Å²) in [6.45, 7) is 11.7. The van der Waals surface area contributed by atoms with Crippen molar-refractivity contribution < 1.29 is 37.0 Å². The number of amides is 1. The molecule has 2 aliphatic rings. The van der Waals surface area contributed by atoms with Gasteiger partial charge in [0.2, 0.25) is 0 Å². The van der Waals surface area contributed by atoms with E-state index in [1.807, 2.05) is 36.4 Å². The molecule has 0 saturated carbocycles. The number of carbonyl (C=O) groups excluding carboxylic acids is 1. The molecule has 3 aromatic carbocycles. The van der Waals surface area contributed by atoms with Crippen LogP contribution in [-0.4, -0.2) is 67.4 Å². The fourth-order valence-corrected chi connectivity index (χ4v) is 13.3. The molecule has 1 N–H and O–H groups in total. The molecule has 2 saturated heterocycles. The first kappa shape index (κ1) is 38.0. The second kappa shape index (κ2) is 15.3. The summed E-state index contributed by atoms with van der Waals surface area (Å²) in [5.74, 6) is -0.337. The second-order valence-corrected chi connectivity index (χ2v) is 20.4. The summed E-state index contributed by atoms with van der Waals surface area (Å²) < 4.78 is 53.6. The number of nitrogens with one attached hydrogen (secondary N) is 1. The summed E-state index contributed by atoms with van der Waals surface area (Å²) in [7, 11) is -7.02. The summed E-state index contributed by atoms with van der Waals surface area (Å²) in [6, 6.07) is 30.5. The summed E-state index contributed by atoms with van der Waals surface area (Å²) >= 11 is 0. The van der Waals surface area contributed by atoms with E-state index in [0.717, 1.165) is 10.4 Å². The topological polar surface area (TPSA) is 136 Å².